The van der Waals surface area contributed by atoms with Crippen LogP contribution in [0.3, 0.4) is 0 Å². The number of halogens is 4. The minimum absolute atomic E-state index is 0.0996. The number of nitrogens with two attached hydrogens (primary N) is 1. The SMILES string of the molecule is Cc1ccc(CCn2ccc3c(C(F)(F)F)cc(Br)nc32)c(N)c1. The highest BCUT2D eigenvalue weighted by Gasteiger charge is 2.34. The van der Waals surface area contributed by atoms with Crippen LogP contribution in [-0.2, 0) is 19.1 Å². The number of aryl methyl sites for hydroxylation is 3. The number of rotatable bonds is 3. The van der Waals surface area contributed by atoms with Gasteiger partial charge in [0.05, 0.1) is 5.56 Å². The zero-order valence-corrected chi connectivity index (χ0v) is 14.4. The molecule has 0 atom stereocenters. The van der Waals surface area contributed by atoms with E-state index in [0.717, 1.165) is 17.2 Å². The molecule has 0 unspecified atom stereocenters. The molecular formula is C17H15BrF3N3. The summed E-state index contributed by atoms with van der Waals surface area (Å²) in [7, 11) is 0. The first kappa shape index (κ1) is 16.8. The Bertz CT molecular complexity index is 900. The lowest BCUT2D eigenvalue weighted by Crippen LogP contribution is -2.08. The molecule has 0 saturated carbocycles. The van der Waals surface area contributed by atoms with Crippen molar-refractivity contribution in [1.29, 1.82) is 0 Å². The first-order valence-corrected chi connectivity index (χ1v) is 8.12. The molecule has 0 aliphatic heterocycles. The molecule has 126 valence electrons. The third-order valence-electron chi connectivity index (χ3n) is 3.93. The van der Waals surface area contributed by atoms with Crippen LogP contribution in [0.25, 0.3) is 11.0 Å². The van der Waals surface area contributed by atoms with E-state index in [9.17, 15) is 13.2 Å². The average molecular weight is 398 g/mol. The van der Waals surface area contributed by atoms with E-state index >= 15 is 0 Å². The number of hydrogen-bond donors (Lipinski definition) is 1. The monoisotopic (exact) mass is 397 g/mol. The van der Waals surface area contributed by atoms with E-state index in [1.54, 1.807) is 10.8 Å². The fourth-order valence-corrected chi connectivity index (χ4v) is 3.12. The Morgan fingerprint density at radius 2 is 1.96 bits per heavy atom. The van der Waals surface area contributed by atoms with E-state index in [0.29, 0.717) is 24.3 Å². The van der Waals surface area contributed by atoms with Gasteiger partial charge >= 0.3 is 6.18 Å². The average Bonchev–Trinajstić information content (AvgIpc) is 2.87. The van der Waals surface area contributed by atoms with Crippen LogP contribution < -0.4 is 5.73 Å². The minimum atomic E-state index is -4.42. The van der Waals surface area contributed by atoms with Crippen LogP contribution in [0, 0.1) is 6.92 Å². The molecule has 0 spiro atoms. The van der Waals surface area contributed by atoms with Gasteiger partial charge in [-0.2, -0.15) is 13.2 Å². The van der Waals surface area contributed by atoms with Crippen LogP contribution in [0.5, 0.6) is 0 Å². The molecule has 7 heteroatoms. The highest BCUT2D eigenvalue weighted by molar-refractivity contribution is 9.10. The lowest BCUT2D eigenvalue weighted by atomic mass is 10.1. The molecular weight excluding hydrogens is 383 g/mol. The summed E-state index contributed by atoms with van der Waals surface area (Å²) in [5.41, 5.74) is 8.35. The van der Waals surface area contributed by atoms with Gasteiger partial charge in [-0.15, -0.1) is 0 Å². The quantitative estimate of drug-likeness (QED) is 0.501. The van der Waals surface area contributed by atoms with E-state index < -0.39 is 11.7 Å². The van der Waals surface area contributed by atoms with Gasteiger partial charge in [0.1, 0.15) is 10.3 Å². The highest BCUT2D eigenvalue weighted by atomic mass is 79.9. The topological polar surface area (TPSA) is 43.8 Å². The normalized spacial score (nSPS) is 12.0. The maximum absolute atomic E-state index is 13.2. The molecule has 2 aromatic heterocycles. The number of fused-ring (bicyclic) bond motifs is 1. The summed E-state index contributed by atoms with van der Waals surface area (Å²) < 4.78 is 41.4. The van der Waals surface area contributed by atoms with Crippen LogP contribution in [0.2, 0.25) is 0 Å². The summed E-state index contributed by atoms with van der Waals surface area (Å²) in [5.74, 6) is 0. The summed E-state index contributed by atoms with van der Waals surface area (Å²) in [5, 5.41) is 0.0996. The Morgan fingerprint density at radius 1 is 1.21 bits per heavy atom. The fourth-order valence-electron chi connectivity index (χ4n) is 2.73. The Balaban J connectivity index is 1.95. The van der Waals surface area contributed by atoms with Gasteiger partial charge in [0.15, 0.2) is 0 Å². The summed E-state index contributed by atoms with van der Waals surface area (Å²) in [6, 6.07) is 8.26. The van der Waals surface area contributed by atoms with E-state index in [1.807, 2.05) is 25.1 Å². The van der Waals surface area contributed by atoms with Crippen molar-refractivity contribution in [3.05, 3.63) is 57.8 Å². The van der Waals surface area contributed by atoms with Crippen LogP contribution in [0.4, 0.5) is 18.9 Å². The number of hydrogen-bond acceptors (Lipinski definition) is 2. The number of nitrogen functional groups attached to an aromatic ring is 1. The van der Waals surface area contributed by atoms with Crippen molar-refractivity contribution in [3.63, 3.8) is 0 Å². The molecule has 1 aromatic carbocycles. The number of anilines is 1. The molecule has 0 amide bonds. The Hall–Kier alpha value is -2.02. The van der Waals surface area contributed by atoms with Crippen molar-refractivity contribution < 1.29 is 13.2 Å². The highest BCUT2D eigenvalue weighted by Crippen LogP contribution is 2.36. The van der Waals surface area contributed by atoms with E-state index in [1.165, 1.54) is 6.07 Å². The van der Waals surface area contributed by atoms with Crippen LogP contribution >= 0.6 is 15.9 Å². The zero-order chi connectivity index (χ0) is 17.5. The molecule has 0 radical (unpaired) electrons. The smallest absolute Gasteiger partial charge is 0.398 e. The van der Waals surface area contributed by atoms with Gasteiger partial charge in [-0.05, 0) is 58.6 Å². The molecule has 0 fully saturated rings. The van der Waals surface area contributed by atoms with Crippen molar-refractivity contribution in [2.24, 2.45) is 0 Å². The van der Waals surface area contributed by atoms with Crippen molar-refractivity contribution >= 4 is 32.7 Å². The van der Waals surface area contributed by atoms with Gasteiger partial charge < -0.3 is 10.3 Å². The Kier molecular flexibility index (Phi) is 4.29. The van der Waals surface area contributed by atoms with Crippen molar-refractivity contribution in [1.82, 2.24) is 9.55 Å². The first-order valence-electron chi connectivity index (χ1n) is 7.33. The maximum Gasteiger partial charge on any atom is 0.417 e. The number of pyridine rings is 1. The fraction of sp³-hybridized carbons (Fsp3) is 0.235. The van der Waals surface area contributed by atoms with Gasteiger partial charge in [-0.25, -0.2) is 4.98 Å². The van der Waals surface area contributed by atoms with Crippen molar-refractivity contribution in [3.8, 4) is 0 Å². The van der Waals surface area contributed by atoms with Gasteiger partial charge in [-0.3, -0.25) is 0 Å². The summed E-state index contributed by atoms with van der Waals surface area (Å²) in [4.78, 5) is 4.21. The molecule has 3 nitrogen and oxygen atoms in total. The van der Waals surface area contributed by atoms with E-state index in [2.05, 4.69) is 20.9 Å². The molecule has 0 aliphatic rings. The van der Waals surface area contributed by atoms with Crippen molar-refractivity contribution in [2.45, 2.75) is 26.1 Å². The van der Waals surface area contributed by atoms with Gasteiger partial charge in [-0.1, -0.05) is 12.1 Å². The molecule has 3 aromatic rings. The Morgan fingerprint density at radius 3 is 2.62 bits per heavy atom. The number of alkyl halides is 3. The third kappa shape index (κ3) is 3.26. The van der Waals surface area contributed by atoms with Gasteiger partial charge in [0, 0.05) is 23.8 Å². The van der Waals surface area contributed by atoms with Crippen LogP contribution in [-0.4, -0.2) is 9.55 Å². The lowest BCUT2D eigenvalue weighted by Gasteiger charge is -2.11. The van der Waals surface area contributed by atoms with Gasteiger partial charge in [0.2, 0.25) is 0 Å². The van der Waals surface area contributed by atoms with Crippen LogP contribution in [0.1, 0.15) is 16.7 Å². The molecule has 3 rings (SSSR count). The largest absolute Gasteiger partial charge is 0.417 e. The molecule has 0 saturated heterocycles. The number of nitrogens with zero attached hydrogens (tertiary/aromatic N) is 2. The maximum atomic E-state index is 13.2. The summed E-state index contributed by atoms with van der Waals surface area (Å²) >= 11 is 3.07. The second kappa shape index (κ2) is 6.12. The molecule has 24 heavy (non-hydrogen) atoms. The number of benzene rings is 1. The van der Waals surface area contributed by atoms with E-state index in [4.69, 9.17) is 5.73 Å². The molecule has 0 bridgehead atoms. The summed E-state index contributed by atoms with van der Waals surface area (Å²) in [6.45, 7) is 2.46. The molecule has 2 heterocycles. The zero-order valence-electron chi connectivity index (χ0n) is 12.9. The third-order valence-corrected chi connectivity index (χ3v) is 4.34. The predicted octanol–water partition coefficient (Wildman–Crippen LogP) is 4.95. The molecule has 2 N–H and O–H groups in total. The van der Waals surface area contributed by atoms with Crippen molar-refractivity contribution in [2.75, 3.05) is 5.73 Å². The van der Waals surface area contributed by atoms with Gasteiger partial charge in [0.25, 0.3) is 0 Å². The second-order valence-corrected chi connectivity index (χ2v) is 6.50. The van der Waals surface area contributed by atoms with Crippen LogP contribution in [0.15, 0.2) is 41.1 Å². The number of aromatic nitrogens is 2. The Labute approximate surface area is 145 Å². The minimum Gasteiger partial charge on any atom is -0.398 e. The molecule has 0 aliphatic carbocycles. The second-order valence-electron chi connectivity index (χ2n) is 5.69. The first-order chi connectivity index (χ1) is 11.3. The lowest BCUT2D eigenvalue weighted by molar-refractivity contribution is -0.136. The summed E-state index contributed by atoms with van der Waals surface area (Å²) in [6.07, 6.45) is -2.17. The predicted molar refractivity (Wildman–Crippen MR) is 91.7 cm³/mol. The standard InChI is InChI=1S/C17H15BrF3N3/c1-10-2-3-11(14(22)8-10)4-6-24-7-5-12-13(17(19,20)21)9-15(18)23-16(12)24/h2-3,5,7-9H,4,6,22H2,1H3. The van der Waals surface area contributed by atoms with E-state index in [-0.39, 0.29) is 9.99 Å².